The maximum Gasteiger partial charge on any atom is 0.205 e. The fourth-order valence-electron chi connectivity index (χ4n) is 1.62. The number of hydrogen-bond acceptors (Lipinski definition) is 4. The van der Waals surface area contributed by atoms with Crippen molar-refractivity contribution in [2.45, 2.75) is 26.3 Å². The molecule has 1 aromatic heterocycles. The lowest BCUT2D eigenvalue weighted by molar-refractivity contribution is 0.189. The Morgan fingerprint density at radius 1 is 1.58 bits per heavy atom. The van der Waals surface area contributed by atoms with Crippen molar-refractivity contribution >= 4 is 16.5 Å². The number of anilines is 1. The van der Waals surface area contributed by atoms with Crippen molar-refractivity contribution in [2.24, 2.45) is 11.8 Å². The van der Waals surface area contributed by atoms with Gasteiger partial charge in [0.2, 0.25) is 5.13 Å². The van der Waals surface area contributed by atoms with Gasteiger partial charge in [-0.15, -0.1) is 10.2 Å². The first-order valence-electron chi connectivity index (χ1n) is 4.30. The van der Waals surface area contributed by atoms with Gasteiger partial charge in [-0.1, -0.05) is 25.2 Å². The molecule has 66 valence electrons. The average Bonchev–Trinajstić information content (AvgIpc) is 2.56. The van der Waals surface area contributed by atoms with Crippen LogP contribution in [0.1, 0.15) is 20.3 Å². The smallest absolute Gasteiger partial charge is 0.205 e. The molecule has 3 nitrogen and oxygen atoms in total. The Hall–Kier alpha value is -0.640. The normalized spacial score (nSPS) is 34.3. The number of nitrogens with one attached hydrogen (secondary N) is 1. The second-order valence-corrected chi connectivity index (χ2v) is 4.40. The summed E-state index contributed by atoms with van der Waals surface area (Å²) >= 11 is 1.57. The highest BCUT2D eigenvalue weighted by Crippen LogP contribution is 2.35. The molecule has 1 saturated carbocycles. The lowest BCUT2D eigenvalue weighted by Gasteiger charge is -2.40. The first-order valence-corrected chi connectivity index (χ1v) is 5.18. The monoisotopic (exact) mass is 183 g/mol. The van der Waals surface area contributed by atoms with Crippen molar-refractivity contribution in [3.63, 3.8) is 0 Å². The summed E-state index contributed by atoms with van der Waals surface area (Å²) in [5, 5.41) is 12.1. The van der Waals surface area contributed by atoms with Crippen LogP contribution >= 0.6 is 11.3 Å². The molecule has 0 aliphatic heterocycles. The van der Waals surface area contributed by atoms with Gasteiger partial charge in [-0.3, -0.25) is 0 Å². The Balaban J connectivity index is 1.90. The van der Waals surface area contributed by atoms with Crippen LogP contribution in [0.5, 0.6) is 0 Å². The first kappa shape index (κ1) is 7.98. The van der Waals surface area contributed by atoms with Crippen LogP contribution in [-0.4, -0.2) is 16.2 Å². The zero-order chi connectivity index (χ0) is 8.55. The molecule has 1 aliphatic rings. The molecule has 0 radical (unpaired) electrons. The fraction of sp³-hybridized carbons (Fsp3) is 0.750. The van der Waals surface area contributed by atoms with Gasteiger partial charge in [0.1, 0.15) is 5.51 Å². The van der Waals surface area contributed by atoms with Crippen LogP contribution in [0.2, 0.25) is 0 Å². The van der Waals surface area contributed by atoms with Crippen molar-refractivity contribution in [3.8, 4) is 0 Å². The minimum absolute atomic E-state index is 0.618. The summed E-state index contributed by atoms with van der Waals surface area (Å²) in [5.41, 5.74) is 1.76. The highest BCUT2D eigenvalue weighted by atomic mass is 32.1. The molecular weight excluding hydrogens is 170 g/mol. The molecule has 0 aromatic carbocycles. The van der Waals surface area contributed by atoms with Crippen LogP contribution in [0, 0.1) is 11.8 Å². The summed E-state index contributed by atoms with van der Waals surface area (Å²) < 4.78 is 0. The van der Waals surface area contributed by atoms with Gasteiger partial charge in [0.15, 0.2) is 0 Å². The minimum Gasteiger partial charge on any atom is -0.357 e. The second-order valence-electron chi connectivity index (χ2n) is 3.57. The highest BCUT2D eigenvalue weighted by Gasteiger charge is 2.34. The van der Waals surface area contributed by atoms with Crippen LogP contribution in [0.25, 0.3) is 0 Å². The molecule has 4 heteroatoms. The highest BCUT2D eigenvalue weighted by molar-refractivity contribution is 7.13. The maximum atomic E-state index is 3.95. The van der Waals surface area contributed by atoms with Crippen molar-refractivity contribution in [1.29, 1.82) is 0 Å². The van der Waals surface area contributed by atoms with E-state index < -0.39 is 0 Å². The molecule has 0 spiro atoms. The van der Waals surface area contributed by atoms with E-state index in [1.807, 2.05) is 0 Å². The summed E-state index contributed by atoms with van der Waals surface area (Å²) in [5.74, 6) is 1.63. The van der Waals surface area contributed by atoms with Gasteiger partial charge >= 0.3 is 0 Å². The quantitative estimate of drug-likeness (QED) is 0.762. The van der Waals surface area contributed by atoms with Gasteiger partial charge in [0, 0.05) is 6.04 Å². The molecule has 1 N–H and O–H groups in total. The number of hydrogen-bond donors (Lipinski definition) is 1. The third-order valence-electron chi connectivity index (χ3n) is 2.83. The van der Waals surface area contributed by atoms with Crippen LogP contribution in [0.15, 0.2) is 5.51 Å². The summed E-state index contributed by atoms with van der Waals surface area (Å²) in [4.78, 5) is 0. The van der Waals surface area contributed by atoms with E-state index in [1.165, 1.54) is 6.42 Å². The van der Waals surface area contributed by atoms with Gasteiger partial charge in [0.05, 0.1) is 0 Å². The van der Waals surface area contributed by atoms with Crippen molar-refractivity contribution < 1.29 is 0 Å². The Bertz CT molecular complexity index is 247. The molecule has 12 heavy (non-hydrogen) atoms. The van der Waals surface area contributed by atoms with E-state index in [2.05, 4.69) is 29.4 Å². The van der Waals surface area contributed by atoms with E-state index in [-0.39, 0.29) is 0 Å². The zero-order valence-electron chi connectivity index (χ0n) is 7.32. The molecule has 1 aliphatic carbocycles. The molecule has 0 amide bonds. The lowest BCUT2D eigenvalue weighted by atomic mass is 9.72. The van der Waals surface area contributed by atoms with Crippen LogP contribution in [-0.2, 0) is 0 Å². The number of aromatic nitrogens is 2. The summed E-state index contributed by atoms with van der Waals surface area (Å²) in [7, 11) is 0. The van der Waals surface area contributed by atoms with Crippen LogP contribution < -0.4 is 5.32 Å². The maximum absolute atomic E-state index is 3.95. The lowest BCUT2D eigenvalue weighted by Crippen LogP contribution is -2.43. The Morgan fingerprint density at radius 3 is 2.92 bits per heavy atom. The van der Waals surface area contributed by atoms with E-state index >= 15 is 0 Å². The number of nitrogens with zero attached hydrogens (tertiary/aromatic N) is 2. The summed E-state index contributed by atoms with van der Waals surface area (Å²) in [6.45, 7) is 4.58. The van der Waals surface area contributed by atoms with Crippen molar-refractivity contribution in [3.05, 3.63) is 5.51 Å². The van der Waals surface area contributed by atoms with E-state index in [4.69, 9.17) is 0 Å². The Morgan fingerprint density at radius 2 is 2.42 bits per heavy atom. The summed E-state index contributed by atoms with van der Waals surface area (Å²) in [6, 6.07) is 0.618. The Kier molecular flexibility index (Phi) is 2.00. The van der Waals surface area contributed by atoms with Crippen LogP contribution in [0.4, 0.5) is 5.13 Å². The average molecular weight is 183 g/mol. The first-order chi connectivity index (χ1) is 5.77. The molecule has 1 aromatic rings. The SMILES string of the molecule is CC1CC(Nc2nncs2)C1C. The van der Waals surface area contributed by atoms with Crippen molar-refractivity contribution in [1.82, 2.24) is 10.2 Å². The topological polar surface area (TPSA) is 37.8 Å². The second kappa shape index (κ2) is 3.01. The molecular formula is C8H13N3S. The Labute approximate surface area is 76.2 Å². The molecule has 3 atom stereocenters. The predicted molar refractivity (Wildman–Crippen MR) is 50.3 cm³/mol. The van der Waals surface area contributed by atoms with Crippen molar-refractivity contribution in [2.75, 3.05) is 5.32 Å². The standard InChI is InChI=1S/C8H13N3S/c1-5-3-7(6(5)2)10-8-11-9-4-12-8/h4-7H,3H2,1-2H3,(H,10,11). The third-order valence-corrected chi connectivity index (χ3v) is 3.45. The largest absolute Gasteiger partial charge is 0.357 e. The number of rotatable bonds is 2. The fourth-order valence-corrected chi connectivity index (χ4v) is 2.12. The van der Waals surface area contributed by atoms with E-state index in [1.54, 1.807) is 16.8 Å². The molecule has 2 rings (SSSR count). The summed E-state index contributed by atoms with van der Waals surface area (Å²) in [6.07, 6.45) is 1.26. The molecule has 3 unspecified atom stereocenters. The third kappa shape index (κ3) is 1.31. The van der Waals surface area contributed by atoms with Crippen LogP contribution in [0.3, 0.4) is 0 Å². The molecule has 0 saturated heterocycles. The van der Waals surface area contributed by atoms with E-state index in [0.29, 0.717) is 6.04 Å². The van der Waals surface area contributed by atoms with Gasteiger partial charge < -0.3 is 5.32 Å². The van der Waals surface area contributed by atoms with Gasteiger partial charge in [-0.2, -0.15) is 0 Å². The zero-order valence-corrected chi connectivity index (χ0v) is 8.14. The predicted octanol–water partition coefficient (Wildman–Crippen LogP) is 1.99. The van der Waals surface area contributed by atoms with Gasteiger partial charge in [0.25, 0.3) is 0 Å². The van der Waals surface area contributed by atoms with Gasteiger partial charge in [-0.05, 0) is 18.3 Å². The van der Waals surface area contributed by atoms with E-state index in [0.717, 1.165) is 17.0 Å². The molecule has 1 fully saturated rings. The van der Waals surface area contributed by atoms with Gasteiger partial charge in [-0.25, -0.2) is 0 Å². The minimum atomic E-state index is 0.618. The molecule has 0 bridgehead atoms. The molecule has 1 heterocycles. The van der Waals surface area contributed by atoms with E-state index in [9.17, 15) is 0 Å².